The summed E-state index contributed by atoms with van der Waals surface area (Å²) < 4.78 is 2.03. The zero-order valence-corrected chi connectivity index (χ0v) is 13.4. The normalized spacial score (nSPS) is 14.1. The smallest absolute Gasteiger partial charge is 0.138 e. The van der Waals surface area contributed by atoms with E-state index in [1.807, 2.05) is 4.68 Å². The highest BCUT2D eigenvalue weighted by molar-refractivity contribution is 4.92. The van der Waals surface area contributed by atoms with Crippen LogP contribution in [0.4, 0.5) is 0 Å². The Labute approximate surface area is 118 Å². The molecular weight excluding hydrogens is 236 g/mol. The van der Waals surface area contributed by atoms with Gasteiger partial charge in [0.05, 0.1) is 0 Å². The molecule has 1 aromatic rings. The molecule has 1 atom stereocenters. The summed E-state index contributed by atoms with van der Waals surface area (Å²) in [6, 6.07) is 0.848. The molecule has 0 radical (unpaired) electrons. The highest BCUT2D eigenvalue weighted by atomic mass is 15.3. The highest BCUT2D eigenvalue weighted by Crippen LogP contribution is 2.22. The zero-order valence-electron chi connectivity index (χ0n) is 13.4. The Hall–Kier alpha value is -0.900. The van der Waals surface area contributed by atoms with E-state index in [-0.39, 0.29) is 0 Å². The third-order valence-corrected chi connectivity index (χ3v) is 3.11. The lowest BCUT2D eigenvalue weighted by Gasteiger charge is -2.27. The first kappa shape index (κ1) is 16.2. The van der Waals surface area contributed by atoms with Gasteiger partial charge in [0, 0.05) is 18.5 Å². The molecule has 0 spiro atoms. The molecule has 1 heterocycles. The van der Waals surface area contributed by atoms with E-state index in [0.29, 0.717) is 17.5 Å². The Balaban J connectivity index is 2.72. The maximum atomic E-state index is 4.43. The van der Waals surface area contributed by atoms with Gasteiger partial charge in [0.15, 0.2) is 0 Å². The standard InChI is InChI=1S/C15H30N4/c1-7-8-16-13(10-15(4,5)6)9-14-17-11-18-19(14)12(2)3/h11-13,16H,7-10H2,1-6H3. The lowest BCUT2D eigenvalue weighted by atomic mass is 9.87. The maximum Gasteiger partial charge on any atom is 0.138 e. The lowest BCUT2D eigenvalue weighted by Crippen LogP contribution is -2.36. The summed E-state index contributed by atoms with van der Waals surface area (Å²) >= 11 is 0. The van der Waals surface area contributed by atoms with Crippen LogP contribution >= 0.6 is 0 Å². The number of nitrogens with one attached hydrogen (secondary N) is 1. The first-order valence-corrected chi connectivity index (χ1v) is 7.45. The van der Waals surface area contributed by atoms with Crippen molar-refractivity contribution in [1.29, 1.82) is 0 Å². The summed E-state index contributed by atoms with van der Waals surface area (Å²) in [6.07, 6.45) is 4.94. The van der Waals surface area contributed by atoms with Crippen LogP contribution < -0.4 is 5.32 Å². The summed E-state index contributed by atoms with van der Waals surface area (Å²) in [5.41, 5.74) is 0.327. The molecule has 0 aliphatic rings. The van der Waals surface area contributed by atoms with Crippen LogP contribution in [-0.4, -0.2) is 27.4 Å². The first-order valence-electron chi connectivity index (χ1n) is 7.45. The van der Waals surface area contributed by atoms with Crippen LogP contribution in [0.2, 0.25) is 0 Å². The van der Waals surface area contributed by atoms with Gasteiger partial charge < -0.3 is 5.32 Å². The van der Waals surface area contributed by atoms with Crippen molar-refractivity contribution in [2.75, 3.05) is 6.54 Å². The zero-order chi connectivity index (χ0) is 14.5. The Morgan fingerprint density at radius 3 is 2.53 bits per heavy atom. The Morgan fingerprint density at radius 2 is 2.00 bits per heavy atom. The van der Waals surface area contributed by atoms with Crippen molar-refractivity contribution in [2.45, 2.75) is 72.9 Å². The number of hydrogen-bond acceptors (Lipinski definition) is 3. The van der Waals surface area contributed by atoms with Crippen molar-refractivity contribution in [3.05, 3.63) is 12.2 Å². The molecule has 1 rings (SSSR count). The second kappa shape index (κ2) is 7.04. The summed E-state index contributed by atoms with van der Waals surface area (Å²) in [6.45, 7) is 14.4. The van der Waals surface area contributed by atoms with Gasteiger partial charge in [0.2, 0.25) is 0 Å². The van der Waals surface area contributed by atoms with Crippen LogP contribution in [-0.2, 0) is 6.42 Å². The number of rotatable bonds is 7. The van der Waals surface area contributed by atoms with Crippen molar-refractivity contribution in [2.24, 2.45) is 5.41 Å². The second-order valence-electron chi connectivity index (χ2n) is 6.83. The van der Waals surface area contributed by atoms with Crippen molar-refractivity contribution in [3.8, 4) is 0 Å². The molecule has 110 valence electrons. The van der Waals surface area contributed by atoms with Crippen LogP contribution in [0.1, 0.15) is 66.3 Å². The summed E-state index contributed by atoms with van der Waals surface area (Å²) in [5, 5.41) is 7.97. The van der Waals surface area contributed by atoms with Gasteiger partial charge in [0.25, 0.3) is 0 Å². The van der Waals surface area contributed by atoms with E-state index in [9.17, 15) is 0 Å². The molecular formula is C15H30N4. The van der Waals surface area contributed by atoms with Gasteiger partial charge in [-0.3, -0.25) is 0 Å². The van der Waals surface area contributed by atoms with E-state index in [2.05, 4.69) is 56.9 Å². The van der Waals surface area contributed by atoms with E-state index >= 15 is 0 Å². The topological polar surface area (TPSA) is 42.7 Å². The highest BCUT2D eigenvalue weighted by Gasteiger charge is 2.21. The minimum absolute atomic E-state index is 0.327. The van der Waals surface area contributed by atoms with Crippen LogP contribution in [0, 0.1) is 5.41 Å². The predicted molar refractivity (Wildman–Crippen MR) is 80.3 cm³/mol. The van der Waals surface area contributed by atoms with Crippen molar-refractivity contribution < 1.29 is 0 Å². The average Bonchev–Trinajstić information content (AvgIpc) is 2.72. The van der Waals surface area contributed by atoms with E-state index in [1.165, 1.54) is 0 Å². The summed E-state index contributed by atoms with van der Waals surface area (Å²) in [7, 11) is 0. The summed E-state index contributed by atoms with van der Waals surface area (Å²) in [4.78, 5) is 4.43. The van der Waals surface area contributed by atoms with E-state index in [0.717, 1.165) is 31.6 Å². The third kappa shape index (κ3) is 5.72. The average molecular weight is 266 g/mol. The number of hydrogen-bond donors (Lipinski definition) is 1. The fourth-order valence-electron chi connectivity index (χ4n) is 2.38. The molecule has 0 saturated heterocycles. The first-order chi connectivity index (χ1) is 8.83. The van der Waals surface area contributed by atoms with Gasteiger partial charge in [-0.15, -0.1) is 0 Å². The van der Waals surface area contributed by atoms with E-state index in [1.54, 1.807) is 6.33 Å². The Bertz CT molecular complexity index is 362. The van der Waals surface area contributed by atoms with Crippen LogP contribution in [0.3, 0.4) is 0 Å². The fraction of sp³-hybridized carbons (Fsp3) is 0.867. The van der Waals surface area contributed by atoms with Gasteiger partial charge in [0.1, 0.15) is 12.2 Å². The minimum atomic E-state index is 0.327. The lowest BCUT2D eigenvalue weighted by molar-refractivity contribution is 0.301. The molecule has 0 fully saturated rings. The van der Waals surface area contributed by atoms with Crippen molar-refractivity contribution in [3.63, 3.8) is 0 Å². The molecule has 4 heteroatoms. The molecule has 0 bridgehead atoms. The molecule has 0 aliphatic heterocycles. The van der Waals surface area contributed by atoms with Gasteiger partial charge >= 0.3 is 0 Å². The van der Waals surface area contributed by atoms with Crippen LogP contribution in [0.25, 0.3) is 0 Å². The molecule has 0 amide bonds. The van der Waals surface area contributed by atoms with Gasteiger partial charge in [-0.05, 0) is 38.6 Å². The van der Waals surface area contributed by atoms with E-state index < -0.39 is 0 Å². The molecule has 1 aromatic heterocycles. The Kier molecular flexibility index (Phi) is 5.98. The molecule has 1 unspecified atom stereocenters. The molecule has 0 saturated carbocycles. The number of nitrogens with zero attached hydrogens (tertiary/aromatic N) is 3. The molecule has 4 nitrogen and oxygen atoms in total. The fourth-order valence-corrected chi connectivity index (χ4v) is 2.38. The van der Waals surface area contributed by atoms with E-state index in [4.69, 9.17) is 0 Å². The molecule has 0 aromatic carbocycles. The number of aromatic nitrogens is 3. The van der Waals surface area contributed by atoms with Crippen molar-refractivity contribution >= 4 is 0 Å². The summed E-state index contributed by atoms with van der Waals surface area (Å²) in [5.74, 6) is 1.09. The van der Waals surface area contributed by atoms with Gasteiger partial charge in [-0.1, -0.05) is 27.7 Å². The van der Waals surface area contributed by atoms with Crippen LogP contribution in [0.5, 0.6) is 0 Å². The predicted octanol–water partition coefficient (Wildman–Crippen LogP) is 3.21. The molecule has 19 heavy (non-hydrogen) atoms. The van der Waals surface area contributed by atoms with Gasteiger partial charge in [-0.25, -0.2) is 9.67 Å². The minimum Gasteiger partial charge on any atom is -0.314 e. The van der Waals surface area contributed by atoms with Crippen molar-refractivity contribution in [1.82, 2.24) is 20.1 Å². The quantitative estimate of drug-likeness (QED) is 0.824. The van der Waals surface area contributed by atoms with Gasteiger partial charge in [-0.2, -0.15) is 5.10 Å². The largest absolute Gasteiger partial charge is 0.314 e. The molecule has 0 aliphatic carbocycles. The Morgan fingerprint density at radius 1 is 1.32 bits per heavy atom. The third-order valence-electron chi connectivity index (χ3n) is 3.11. The second-order valence-corrected chi connectivity index (χ2v) is 6.83. The monoisotopic (exact) mass is 266 g/mol. The molecule has 1 N–H and O–H groups in total. The maximum absolute atomic E-state index is 4.43. The SMILES string of the molecule is CCCNC(Cc1ncnn1C(C)C)CC(C)(C)C. The van der Waals surface area contributed by atoms with Crippen LogP contribution in [0.15, 0.2) is 6.33 Å².